The molecule has 5 aromatic rings. The van der Waals surface area contributed by atoms with Crippen molar-refractivity contribution >= 4 is 69.4 Å². The van der Waals surface area contributed by atoms with Crippen LogP contribution in [0.4, 0.5) is 37.9 Å². The van der Waals surface area contributed by atoms with E-state index in [-0.39, 0.29) is 59.7 Å². The number of imidazole rings is 1. The Morgan fingerprint density at radius 1 is 0.787 bits per heavy atom. The van der Waals surface area contributed by atoms with Crippen LogP contribution in [0.15, 0.2) is 67.4 Å². The SMILES string of the molecule is CC(C)n1cnc2cc(-c3ccc4c(c3)N([C@H]3C[C@@H](N5CCCCC5)C3)C(=O)C43CCN(C(=O)C4CCN(C(=O)C5CCN(c6ccc(N7CCC(=O)NC7=O)cn6)CC5)CC4)CC3)nc(Nc3ccncc3F)c21. The summed E-state index contributed by atoms with van der Waals surface area (Å²) in [6.07, 6.45) is 15.7. The maximum atomic E-state index is 15.3. The first kappa shape index (κ1) is 48.9. The van der Waals surface area contributed by atoms with Gasteiger partial charge in [-0.3, -0.25) is 34.4 Å². The highest BCUT2D eigenvalue weighted by atomic mass is 19.1. The predicted octanol–water partition coefficient (Wildman–Crippen LogP) is 7.18. The molecular weight excluding hydrogens is 954 g/mol. The van der Waals surface area contributed by atoms with Gasteiger partial charge in [0.25, 0.3) is 0 Å². The van der Waals surface area contributed by atoms with Crippen LogP contribution in [0, 0.1) is 17.7 Å². The molecular formula is C56H66FN13O5. The molecule has 6 aliphatic heterocycles. The molecule has 6 fully saturated rings. The lowest BCUT2D eigenvalue weighted by molar-refractivity contribution is -0.144. The van der Waals surface area contributed by atoms with Gasteiger partial charge in [0.2, 0.25) is 23.6 Å². The average Bonchev–Trinajstić information content (AvgIpc) is 3.96. The second-order valence-corrected chi connectivity index (χ2v) is 22.1. The molecule has 1 spiro atoms. The van der Waals surface area contributed by atoms with Crippen LogP contribution in [0.1, 0.15) is 103 Å². The first-order chi connectivity index (χ1) is 36.4. The Kier molecular flexibility index (Phi) is 13.0. The predicted molar refractivity (Wildman–Crippen MR) is 282 cm³/mol. The van der Waals surface area contributed by atoms with Gasteiger partial charge >= 0.3 is 6.03 Å². The number of urea groups is 1. The number of piperidine rings is 4. The molecule has 6 amide bonds. The smallest absolute Gasteiger partial charge is 0.328 e. The second kappa shape index (κ2) is 19.9. The minimum absolute atomic E-state index is 0.0726. The van der Waals surface area contributed by atoms with Gasteiger partial charge in [0.15, 0.2) is 11.6 Å². The van der Waals surface area contributed by atoms with Gasteiger partial charge in [-0.05, 0) is 127 Å². The van der Waals surface area contributed by atoms with E-state index >= 15 is 9.18 Å². The number of rotatable bonds is 10. The number of nitrogens with zero attached hydrogens (tertiary/aromatic N) is 11. The summed E-state index contributed by atoms with van der Waals surface area (Å²) in [6.45, 7) is 10.1. The van der Waals surface area contributed by atoms with Crippen molar-refractivity contribution in [1.29, 1.82) is 0 Å². The lowest BCUT2D eigenvalue weighted by Crippen LogP contribution is -2.58. The highest BCUT2D eigenvalue weighted by Gasteiger charge is 2.56. The number of amides is 6. The Morgan fingerprint density at radius 3 is 2.19 bits per heavy atom. The maximum Gasteiger partial charge on any atom is 0.328 e. The summed E-state index contributed by atoms with van der Waals surface area (Å²) in [5, 5.41) is 5.59. The molecule has 0 radical (unpaired) electrons. The quantitative estimate of drug-likeness (QED) is 0.144. The molecule has 4 aromatic heterocycles. The molecule has 2 N–H and O–H groups in total. The number of hydrogen-bond acceptors (Lipinski definition) is 12. The number of carbonyl (C=O) groups is 5. The largest absolute Gasteiger partial charge is 0.357 e. The average molecular weight is 1020 g/mol. The lowest BCUT2D eigenvalue weighted by atomic mass is 9.73. The Morgan fingerprint density at radius 2 is 1.51 bits per heavy atom. The van der Waals surface area contributed by atoms with Crippen LogP contribution in [-0.2, 0) is 24.6 Å². The van der Waals surface area contributed by atoms with E-state index in [0.29, 0.717) is 108 Å². The van der Waals surface area contributed by atoms with Gasteiger partial charge in [-0.25, -0.2) is 24.1 Å². The molecule has 5 saturated heterocycles. The number of nitrogens with one attached hydrogen (secondary N) is 2. The fourth-order valence-electron chi connectivity index (χ4n) is 13.1. The van der Waals surface area contributed by atoms with Crippen molar-refractivity contribution in [2.75, 3.05) is 78.9 Å². The summed E-state index contributed by atoms with van der Waals surface area (Å²) in [7, 11) is 0. The zero-order chi connectivity index (χ0) is 51.5. The van der Waals surface area contributed by atoms with E-state index in [1.54, 1.807) is 24.8 Å². The van der Waals surface area contributed by atoms with Crippen molar-refractivity contribution in [3.63, 3.8) is 0 Å². The van der Waals surface area contributed by atoms with E-state index in [9.17, 15) is 19.2 Å². The number of aromatic nitrogens is 5. The van der Waals surface area contributed by atoms with Crippen LogP contribution in [0.5, 0.6) is 0 Å². The number of likely N-dealkylation sites (tertiary alicyclic amines) is 3. The van der Waals surface area contributed by atoms with Crippen LogP contribution in [0.3, 0.4) is 0 Å². The van der Waals surface area contributed by atoms with Crippen LogP contribution in [0.2, 0.25) is 0 Å². The number of imide groups is 1. The Labute approximate surface area is 436 Å². The number of halogens is 1. The molecule has 7 aliphatic rings. The molecule has 10 heterocycles. The van der Waals surface area contributed by atoms with E-state index in [2.05, 4.69) is 67.3 Å². The summed E-state index contributed by atoms with van der Waals surface area (Å²) < 4.78 is 17.1. The molecule has 75 heavy (non-hydrogen) atoms. The summed E-state index contributed by atoms with van der Waals surface area (Å²) in [5.74, 6) is 0.646. The topological polar surface area (TPSA) is 185 Å². The first-order valence-corrected chi connectivity index (χ1v) is 27.3. The van der Waals surface area contributed by atoms with Gasteiger partial charge in [0.05, 0.1) is 46.7 Å². The van der Waals surface area contributed by atoms with Crippen molar-refractivity contribution in [3.05, 3.63) is 78.8 Å². The van der Waals surface area contributed by atoms with Crippen molar-refractivity contribution in [2.24, 2.45) is 11.8 Å². The third-order valence-electron chi connectivity index (χ3n) is 17.5. The van der Waals surface area contributed by atoms with Gasteiger partial charge in [-0.1, -0.05) is 18.6 Å². The van der Waals surface area contributed by atoms with Gasteiger partial charge in [-0.15, -0.1) is 0 Å². The standard InChI is InChI=1S/C56H66FN13O5/c1-35(2)69-34-60-46-31-45(62-51(50(46)69)61-44-10-18-58-33-43(44)57)38-6-8-42-47(28-38)70(41-29-40(30-41)64-19-4-3-5-20-64)54(74)56(42)16-26-67(27-17-56)53(73)37-13-23-66(24-14-37)52(72)36-11-21-65(22-12-36)48-9-7-39(32-59-48)68-25-15-49(71)63-55(68)75/h6-10,18,28,31-37,40-41H,3-5,11-17,19-27,29-30H2,1-2H3,(H,58,61,62)(H,63,71,75)/t40-,41+. The molecule has 1 saturated carbocycles. The van der Waals surface area contributed by atoms with Gasteiger partial charge in [0, 0.05) is 99.6 Å². The van der Waals surface area contributed by atoms with E-state index in [1.165, 1.54) is 30.4 Å². The number of fused-ring (bicyclic) bond motifs is 3. The third-order valence-corrected chi connectivity index (χ3v) is 17.5. The maximum absolute atomic E-state index is 15.3. The minimum atomic E-state index is -0.751. The zero-order valence-electron chi connectivity index (χ0n) is 42.9. The van der Waals surface area contributed by atoms with E-state index in [0.717, 1.165) is 59.6 Å². The highest BCUT2D eigenvalue weighted by molar-refractivity contribution is 6.10. The summed E-state index contributed by atoms with van der Waals surface area (Å²) in [5.41, 5.74) is 5.05. The monoisotopic (exact) mass is 1020 g/mol. The first-order valence-electron chi connectivity index (χ1n) is 27.3. The molecule has 12 rings (SSSR count). The number of pyridine rings is 3. The number of benzene rings is 1. The Balaban J connectivity index is 0.712. The third kappa shape index (κ3) is 9.03. The fraction of sp³-hybridized carbons (Fsp3) is 0.518. The summed E-state index contributed by atoms with van der Waals surface area (Å²) in [4.78, 5) is 98.1. The van der Waals surface area contributed by atoms with E-state index < -0.39 is 17.3 Å². The summed E-state index contributed by atoms with van der Waals surface area (Å²) >= 11 is 0. The van der Waals surface area contributed by atoms with Crippen molar-refractivity contribution < 1.29 is 28.4 Å². The van der Waals surface area contributed by atoms with Gasteiger partial charge < -0.3 is 34.4 Å². The number of carbonyl (C=O) groups excluding carboxylic acids is 5. The van der Waals surface area contributed by atoms with E-state index in [1.807, 2.05) is 32.6 Å². The summed E-state index contributed by atoms with van der Waals surface area (Å²) in [6, 6.07) is 13.7. The van der Waals surface area contributed by atoms with Crippen LogP contribution in [-0.4, -0.2) is 140 Å². The minimum Gasteiger partial charge on any atom is -0.357 e. The van der Waals surface area contributed by atoms with Crippen molar-refractivity contribution in [1.82, 2.24) is 44.5 Å². The highest BCUT2D eigenvalue weighted by Crippen LogP contribution is 2.52. The second-order valence-electron chi connectivity index (χ2n) is 22.1. The fourth-order valence-corrected chi connectivity index (χ4v) is 13.1. The molecule has 0 atom stereocenters. The molecule has 0 unspecified atom stereocenters. The van der Waals surface area contributed by atoms with Gasteiger partial charge in [0.1, 0.15) is 11.3 Å². The molecule has 19 heteroatoms. The Bertz CT molecular complexity index is 3020. The molecule has 1 aromatic carbocycles. The van der Waals surface area contributed by atoms with Crippen molar-refractivity contribution in [2.45, 2.75) is 114 Å². The molecule has 392 valence electrons. The van der Waals surface area contributed by atoms with E-state index in [4.69, 9.17) is 9.97 Å². The lowest BCUT2D eigenvalue weighted by Gasteiger charge is -2.48. The Hall–Kier alpha value is -7.02. The molecule has 0 bridgehead atoms. The normalized spacial score (nSPS) is 22.8. The van der Waals surface area contributed by atoms with Crippen LogP contribution in [0.25, 0.3) is 22.3 Å². The van der Waals surface area contributed by atoms with Gasteiger partial charge in [-0.2, -0.15) is 0 Å². The van der Waals surface area contributed by atoms with Crippen molar-refractivity contribution in [3.8, 4) is 11.3 Å². The zero-order valence-corrected chi connectivity index (χ0v) is 42.9. The van der Waals surface area contributed by atoms with Crippen LogP contribution < -0.4 is 25.3 Å². The molecule has 18 nitrogen and oxygen atoms in total. The molecule has 1 aliphatic carbocycles. The van der Waals surface area contributed by atoms with Crippen LogP contribution >= 0.6 is 0 Å². The number of hydrogen-bond donors (Lipinski definition) is 2. The number of anilines is 5.